The van der Waals surface area contributed by atoms with Crippen molar-refractivity contribution in [2.75, 3.05) is 12.8 Å². The third kappa shape index (κ3) is 1.85. The zero-order chi connectivity index (χ0) is 11.5. The lowest BCUT2D eigenvalue weighted by atomic mass is 10.1. The molecule has 1 heterocycles. The van der Waals surface area contributed by atoms with E-state index in [1.165, 1.54) is 6.20 Å². The van der Waals surface area contributed by atoms with E-state index >= 15 is 0 Å². The number of nitrogens with two attached hydrogens (primary N) is 1. The van der Waals surface area contributed by atoms with Gasteiger partial charge in [-0.25, -0.2) is 0 Å². The van der Waals surface area contributed by atoms with Gasteiger partial charge in [0.25, 0.3) is 0 Å². The van der Waals surface area contributed by atoms with Crippen LogP contribution in [0.25, 0.3) is 11.1 Å². The zero-order valence-electron chi connectivity index (χ0n) is 8.80. The summed E-state index contributed by atoms with van der Waals surface area (Å²) in [5, 5.41) is 13.3. The van der Waals surface area contributed by atoms with Crippen LogP contribution in [-0.2, 0) is 11.3 Å². The van der Waals surface area contributed by atoms with Crippen molar-refractivity contribution in [1.29, 1.82) is 0 Å². The van der Waals surface area contributed by atoms with Gasteiger partial charge in [-0.3, -0.25) is 0 Å². The number of methoxy groups -OCH3 is 1. The number of phenols is 1. The van der Waals surface area contributed by atoms with Crippen molar-refractivity contribution in [3.63, 3.8) is 0 Å². The van der Waals surface area contributed by atoms with Crippen molar-refractivity contribution < 1.29 is 14.4 Å². The van der Waals surface area contributed by atoms with Crippen LogP contribution in [-0.4, -0.2) is 17.4 Å². The van der Waals surface area contributed by atoms with Gasteiger partial charge in [0, 0.05) is 12.7 Å². The summed E-state index contributed by atoms with van der Waals surface area (Å²) >= 11 is 0. The number of ether oxygens (including phenoxy) is 1. The average molecular weight is 220 g/mol. The van der Waals surface area contributed by atoms with Crippen LogP contribution in [0.4, 0.5) is 5.88 Å². The van der Waals surface area contributed by atoms with Gasteiger partial charge in [-0.1, -0.05) is 17.3 Å². The molecule has 3 N–H and O–H groups in total. The fourth-order valence-corrected chi connectivity index (χ4v) is 1.47. The van der Waals surface area contributed by atoms with Crippen LogP contribution in [0.3, 0.4) is 0 Å². The molecule has 1 aromatic heterocycles. The molecule has 0 bridgehead atoms. The molecule has 5 nitrogen and oxygen atoms in total. The van der Waals surface area contributed by atoms with Crippen molar-refractivity contribution >= 4 is 5.88 Å². The molecule has 1 aromatic carbocycles. The topological polar surface area (TPSA) is 81.5 Å². The smallest absolute Gasteiger partial charge is 0.229 e. The highest BCUT2D eigenvalue weighted by Crippen LogP contribution is 2.30. The van der Waals surface area contributed by atoms with E-state index in [1.807, 2.05) is 6.07 Å². The molecule has 0 fully saturated rings. The van der Waals surface area contributed by atoms with Gasteiger partial charge < -0.3 is 20.1 Å². The van der Waals surface area contributed by atoms with E-state index in [2.05, 4.69) is 5.16 Å². The summed E-state index contributed by atoms with van der Waals surface area (Å²) in [4.78, 5) is 0. The maximum Gasteiger partial charge on any atom is 0.229 e. The molecular weight excluding hydrogens is 208 g/mol. The summed E-state index contributed by atoms with van der Waals surface area (Å²) in [6.45, 7) is 0.366. The van der Waals surface area contributed by atoms with Gasteiger partial charge in [-0.2, -0.15) is 0 Å². The second-order valence-electron chi connectivity index (χ2n) is 3.38. The number of hydrogen-bond acceptors (Lipinski definition) is 5. The molecule has 0 spiro atoms. The first kappa shape index (κ1) is 10.5. The first-order chi connectivity index (χ1) is 7.72. The molecule has 2 rings (SSSR count). The van der Waals surface area contributed by atoms with Crippen molar-refractivity contribution in [2.24, 2.45) is 0 Å². The molecule has 0 aliphatic rings. The molecule has 84 valence electrons. The van der Waals surface area contributed by atoms with Gasteiger partial charge >= 0.3 is 0 Å². The van der Waals surface area contributed by atoms with E-state index in [0.717, 1.165) is 11.1 Å². The van der Waals surface area contributed by atoms with Crippen LogP contribution < -0.4 is 5.73 Å². The third-order valence-electron chi connectivity index (χ3n) is 2.29. The number of anilines is 1. The van der Waals surface area contributed by atoms with E-state index in [4.69, 9.17) is 15.0 Å². The van der Waals surface area contributed by atoms with Gasteiger partial charge in [-0.15, -0.1) is 0 Å². The second kappa shape index (κ2) is 4.24. The highest BCUT2D eigenvalue weighted by molar-refractivity contribution is 5.73. The molecule has 0 saturated heterocycles. The monoisotopic (exact) mass is 220 g/mol. The van der Waals surface area contributed by atoms with Crippen molar-refractivity contribution in [3.8, 4) is 16.9 Å². The predicted octanol–water partition coefficient (Wildman–Crippen LogP) is 1.78. The van der Waals surface area contributed by atoms with Crippen LogP contribution in [0.1, 0.15) is 5.56 Å². The Hall–Kier alpha value is -2.01. The third-order valence-corrected chi connectivity index (χ3v) is 2.29. The molecule has 0 saturated carbocycles. The van der Waals surface area contributed by atoms with Crippen molar-refractivity contribution in [3.05, 3.63) is 30.0 Å². The predicted molar refractivity (Wildman–Crippen MR) is 58.7 cm³/mol. The van der Waals surface area contributed by atoms with Gasteiger partial charge in [0.15, 0.2) is 0 Å². The summed E-state index contributed by atoms with van der Waals surface area (Å²) in [5.74, 6) is 0.402. The lowest BCUT2D eigenvalue weighted by Crippen LogP contribution is -1.89. The molecule has 0 atom stereocenters. The Labute approximate surface area is 92.4 Å². The van der Waals surface area contributed by atoms with Crippen molar-refractivity contribution in [1.82, 2.24) is 5.16 Å². The molecule has 5 heteroatoms. The largest absolute Gasteiger partial charge is 0.508 e. The minimum absolute atomic E-state index is 0.167. The number of aromatic nitrogens is 1. The fraction of sp³-hybridized carbons (Fsp3) is 0.182. The molecule has 0 aliphatic heterocycles. The van der Waals surface area contributed by atoms with E-state index in [0.29, 0.717) is 12.2 Å². The Balaban J connectivity index is 2.38. The SMILES string of the molecule is COCc1ccc(-c2cnoc2N)cc1O. The highest BCUT2D eigenvalue weighted by atomic mass is 16.5. The van der Waals surface area contributed by atoms with E-state index in [9.17, 15) is 5.11 Å². The highest BCUT2D eigenvalue weighted by Gasteiger charge is 2.09. The van der Waals surface area contributed by atoms with Gasteiger partial charge in [0.2, 0.25) is 5.88 Å². The minimum Gasteiger partial charge on any atom is -0.508 e. The van der Waals surface area contributed by atoms with E-state index in [-0.39, 0.29) is 11.6 Å². The summed E-state index contributed by atoms with van der Waals surface area (Å²) in [6, 6.07) is 5.22. The van der Waals surface area contributed by atoms with E-state index < -0.39 is 0 Å². The molecule has 16 heavy (non-hydrogen) atoms. The zero-order valence-corrected chi connectivity index (χ0v) is 8.80. The summed E-state index contributed by atoms with van der Waals surface area (Å²) in [5.41, 5.74) is 7.73. The van der Waals surface area contributed by atoms with Gasteiger partial charge in [0.1, 0.15) is 5.75 Å². The van der Waals surface area contributed by atoms with Crippen LogP contribution in [0.5, 0.6) is 5.75 Å². The standard InChI is InChI=1S/C11H12N2O3/c1-15-6-8-3-2-7(4-10(8)14)9-5-13-16-11(9)12/h2-5,14H,6,12H2,1H3. The Morgan fingerprint density at radius 3 is 2.88 bits per heavy atom. The first-order valence-corrected chi connectivity index (χ1v) is 4.73. The van der Waals surface area contributed by atoms with Gasteiger partial charge in [-0.05, 0) is 11.6 Å². The minimum atomic E-state index is 0.167. The Bertz CT molecular complexity index is 494. The maximum atomic E-state index is 9.74. The maximum absolute atomic E-state index is 9.74. The normalized spacial score (nSPS) is 10.6. The fourth-order valence-electron chi connectivity index (χ4n) is 1.47. The first-order valence-electron chi connectivity index (χ1n) is 4.73. The lowest BCUT2D eigenvalue weighted by molar-refractivity contribution is 0.182. The Morgan fingerprint density at radius 2 is 2.31 bits per heavy atom. The van der Waals surface area contributed by atoms with Crippen molar-refractivity contribution in [2.45, 2.75) is 6.61 Å². The lowest BCUT2D eigenvalue weighted by Gasteiger charge is -2.05. The number of nitrogen functional groups attached to an aromatic ring is 1. The molecule has 2 aromatic rings. The van der Waals surface area contributed by atoms with Crippen LogP contribution in [0.2, 0.25) is 0 Å². The van der Waals surface area contributed by atoms with Crippen LogP contribution >= 0.6 is 0 Å². The molecule has 0 radical (unpaired) electrons. The molecule has 0 aliphatic carbocycles. The summed E-state index contributed by atoms with van der Waals surface area (Å²) in [6.07, 6.45) is 1.51. The molecular formula is C11H12N2O3. The number of benzene rings is 1. The van der Waals surface area contributed by atoms with Gasteiger partial charge in [0.05, 0.1) is 18.4 Å². The molecule has 0 unspecified atom stereocenters. The summed E-state index contributed by atoms with van der Waals surface area (Å²) in [7, 11) is 1.57. The number of hydrogen-bond donors (Lipinski definition) is 2. The number of phenolic OH excluding ortho intramolecular Hbond substituents is 1. The molecule has 0 amide bonds. The second-order valence-corrected chi connectivity index (χ2v) is 3.38. The van der Waals surface area contributed by atoms with Crippen LogP contribution in [0, 0.1) is 0 Å². The van der Waals surface area contributed by atoms with Crippen LogP contribution in [0.15, 0.2) is 28.9 Å². The average Bonchev–Trinajstić information content (AvgIpc) is 2.68. The summed E-state index contributed by atoms with van der Waals surface area (Å²) < 4.78 is 9.71. The number of nitrogens with zero attached hydrogens (tertiary/aromatic N) is 1. The number of rotatable bonds is 3. The number of aromatic hydroxyl groups is 1. The Kier molecular flexibility index (Phi) is 2.78. The quantitative estimate of drug-likeness (QED) is 0.823. The Morgan fingerprint density at radius 1 is 1.50 bits per heavy atom. The van der Waals surface area contributed by atoms with E-state index in [1.54, 1.807) is 19.2 Å².